The molecule has 0 amide bonds. The fourth-order valence-electron chi connectivity index (χ4n) is 2.21. The molecule has 2 rings (SSSR count). The van der Waals surface area contributed by atoms with Crippen molar-refractivity contribution in [3.8, 4) is 0 Å². The maximum atomic E-state index is 13.1. The summed E-state index contributed by atoms with van der Waals surface area (Å²) in [7, 11) is -3.57. The van der Waals surface area contributed by atoms with E-state index in [1.165, 1.54) is 0 Å². The average Bonchev–Trinajstić information content (AvgIpc) is 2.34. The van der Waals surface area contributed by atoms with E-state index in [0.717, 1.165) is 31.5 Å². The van der Waals surface area contributed by atoms with Crippen molar-refractivity contribution in [2.75, 3.05) is 23.6 Å². The molecule has 0 spiro atoms. The van der Waals surface area contributed by atoms with Crippen molar-refractivity contribution in [2.45, 2.75) is 12.8 Å². The quantitative estimate of drug-likeness (QED) is 0.885. The standard InChI is InChI=1S/C12H15Cl2FN2O2S/c13-10-4-9(15)5-11(14)12(10)17-20(18,19)7-8-2-1-3-16-6-8/h4-5,8,16-17H,1-3,6-7H2. The van der Waals surface area contributed by atoms with Crippen LogP contribution in [-0.4, -0.2) is 27.3 Å². The van der Waals surface area contributed by atoms with Gasteiger partial charge in [0.15, 0.2) is 0 Å². The highest BCUT2D eigenvalue weighted by molar-refractivity contribution is 7.92. The summed E-state index contributed by atoms with van der Waals surface area (Å²) in [5.74, 6) is -0.567. The number of rotatable bonds is 4. The van der Waals surface area contributed by atoms with Crippen LogP contribution in [0.25, 0.3) is 0 Å². The van der Waals surface area contributed by atoms with Crippen molar-refractivity contribution in [3.63, 3.8) is 0 Å². The highest BCUT2D eigenvalue weighted by Crippen LogP contribution is 2.32. The molecule has 112 valence electrons. The summed E-state index contributed by atoms with van der Waals surface area (Å²) in [6.45, 7) is 1.59. The molecule has 0 saturated carbocycles. The van der Waals surface area contributed by atoms with Crippen LogP contribution >= 0.6 is 23.2 Å². The summed E-state index contributed by atoms with van der Waals surface area (Å²) in [6, 6.07) is 2.04. The molecular formula is C12H15Cl2FN2O2S. The molecule has 0 aromatic heterocycles. The van der Waals surface area contributed by atoms with Gasteiger partial charge in [-0.05, 0) is 44.0 Å². The van der Waals surface area contributed by atoms with E-state index in [9.17, 15) is 12.8 Å². The van der Waals surface area contributed by atoms with Gasteiger partial charge in [-0.3, -0.25) is 4.72 Å². The smallest absolute Gasteiger partial charge is 0.233 e. The lowest BCUT2D eigenvalue weighted by molar-refractivity contribution is 0.404. The highest BCUT2D eigenvalue weighted by Gasteiger charge is 2.23. The molecule has 1 heterocycles. The third-order valence-electron chi connectivity index (χ3n) is 3.12. The molecule has 0 bridgehead atoms. The second kappa shape index (κ2) is 6.47. The Balaban J connectivity index is 2.11. The van der Waals surface area contributed by atoms with E-state index >= 15 is 0 Å². The van der Waals surface area contributed by atoms with Crippen molar-refractivity contribution in [1.82, 2.24) is 5.32 Å². The van der Waals surface area contributed by atoms with Gasteiger partial charge >= 0.3 is 0 Å². The van der Waals surface area contributed by atoms with Crippen molar-refractivity contribution in [3.05, 3.63) is 28.0 Å². The Labute approximate surface area is 127 Å². The number of benzene rings is 1. The minimum Gasteiger partial charge on any atom is -0.316 e. The summed E-state index contributed by atoms with van der Waals surface area (Å²) in [5.41, 5.74) is 0.0264. The zero-order chi connectivity index (χ0) is 14.8. The second-order valence-electron chi connectivity index (χ2n) is 4.84. The van der Waals surface area contributed by atoms with Crippen LogP contribution < -0.4 is 10.0 Å². The van der Waals surface area contributed by atoms with Crippen LogP contribution in [-0.2, 0) is 10.0 Å². The van der Waals surface area contributed by atoms with E-state index in [2.05, 4.69) is 10.0 Å². The Morgan fingerprint density at radius 3 is 2.55 bits per heavy atom. The van der Waals surface area contributed by atoms with Crippen LogP contribution in [0.4, 0.5) is 10.1 Å². The number of anilines is 1. The second-order valence-corrected chi connectivity index (χ2v) is 7.42. The van der Waals surface area contributed by atoms with Gasteiger partial charge in [0, 0.05) is 0 Å². The van der Waals surface area contributed by atoms with Crippen LogP contribution in [0.5, 0.6) is 0 Å². The SMILES string of the molecule is O=S(=O)(CC1CCCNC1)Nc1c(Cl)cc(F)cc1Cl. The molecule has 2 N–H and O–H groups in total. The van der Waals surface area contributed by atoms with Crippen molar-refractivity contribution in [2.24, 2.45) is 5.92 Å². The molecule has 1 aliphatic heterocycles. The number of piperidine rings is 1. The summed E-state index contributed by atoms with van der Waals surface area (Å²) in [4.78, 5) is 0. The summed E-state index contributed by atoms with van der Waals surface area (Å²) < 4.78 is 39.6. The van der Waals surface area contributed by atoms with Crippen molar-refractivity contribution >= 4 is 38.9 Å². The van der Waals surface area contributed by atoms with Crippen LogP contribution in [0.3, 0.4) is 0 Å². The minimum atomic E-state index is -3.57. The minimum absolute atomic E-state index is 0.00989. The van der Waals surface area contributed by atoms with Crippen LogP contribution in [0.1, 0.15) is 12.8 Å². The summed E-state index contributed by atoms with van der Waals surface area (Å²) in [6.07, 6.45) is 1.82. The predicted molar refractivity (Wildman–Crippen MR) is 79.4 cm³/mol. The third-order valence-corrected chi connectivity index (χ3v) is 5.14. The van der Waals surface area contributed by atoms with Gasteiger partial charge < -0.3 is 5.32 Å². The topological polar surface area (TPSA) is 58.2 Å². The molecule has 1 aromatic carbocycles. The van der Waals surface area contributed by atoms with E-state index in [1.54, 1.807) is 0 Å². The van der Waals surface area contributed by atoms with Gasteiger partial charge in [-0.15, -0.1) is 0 Å². The van der Waals surface area contributed by atoms with Gasteiger partial charge in [0.25, 0.3) is 0 Å². The molecule has 0 aliphatic carbocycles. The molecule has 1 atom stereocenters. The Bertz CT molecular complexity index is 566. The lowest BCUT2D eigenvalue weighted by Gasteiger charge is -2.23. The van der Waals surface area contributed by atoms with Crippen LogP contribution in [0, 0.1) is 11.7 Å². The van der Waals surface area contributed by atoms with E-state index in [0.29, 0.717) is 6.54 Å². The molecular weight excluding hydrogens is 326 g/mol. The molecule has 8 heteroatoms. The van der Waals surface area contributed by atoms with Gasteiger partial charge in [0.2, 0.25) is 10.0 Å². The first-order chi connectivity index (χ1) is 9.37. The zero-order valence-electron chi connectivity index (χ0n) is 10.6. The van der Waals surface area contributed by atoms with Crippen LogP contribution in [0.2, 0.25) is 10.0 Å². The van der Waals surface area contributed by atoms with E-state index < -0.39 is 15.8 Å². The van der Waals surface area contributed by atoms with Gasteiger partial charge in [-0.2, -0.15) is 0 Å². The fourth-order valence-corrected chi connectivity index (χ4v) is 4.40. The van der Waals surface area contributed by atoms with Crippen molar-refractivity contribution < 1.29 is 12.8 Å². The zero-order valence-corrected chi connectivity index (χ0v) is 13.0. The number of halogens is 3. The normalized spacial score (nSPS) is 19.9. The molecule has 0 radical (unpaired) electrons. The van der Waals surface area contributed by atoms with Gasteiger partial charge in [-0.1, -0.05) is 23.2 Å². The van der Waals surface area contributed by atoms with Crippen LogP contribution in [0.15, 0.2) is 12.1 Å². The van der Waals surface area contributed by atoms with Gasteiger partial charge in [0.1, 0.15) is 5.82 Å². The molecule has 4 nitrogen and oxygen atoms in total. The Hall–Kier alpha value is -0.560. The predicted octanol–water partition coefficient (Wildman–Crippen LogP) is 2.87. The third kappa shape index (κ3) is 4.22. The number of hydrogen-bond donors (Lipinski definition) is 2. The monoisotopic (exact) mass is 340 g/mol. The maximum Gasteiger partial charge on any atom is 0.233 e. The first kappa shape index (κ1) is 15.8. The van der Waals surface area contributed by atoms with Crippen molar-refractivity contribution in [1.29, 1.82) is 0 Å². The van der Waals surface area contributed by atoms with E-state index in [4.69, 9.17) is 23.2 Å². The maximum absolute atomic E-state index is 13.1. The molecule has 20 heavy (non-hydrogen) atoms. The lowest BCUT2D eigenvalue weighted by Crippen LogP contribution is -2.35. The largest absolute Gasteiger partial charge is 0.316 e. The summed E-state index contributed by atoms with van der Waals surface area (Å²) >= 11 is 11.6. The Kier molecular flexibility index (Phi) is 5.12. The fraction of sp³-hybridized carbons (Fsp3) is 0.500. The molecule has 1 fully saturated rings. The van der Waals surface area contributed by atoms with E-state index in [-0.39, 0.29) is 27.4 Å². The average molecular weight is 341 g/mol. The Morgan fingerprint density at radius 2 is 2.00 bits per heavy atom. The Morgan fingerprint density at radius 1 is 1.35 bits per heavy atom. The molecule has 1 saturated heterocycles. The molecule has 1 aromatic rings. The number of nitrogens with one attached hydrogen (secondary N) is 2. The first-order valence-corrected chi connectivity index (χ1v) is 8.64. The number of hydrogen-bond acceptors (Lipinski definition) is 3. The highest BCUT2D eigenvalue weighted by atomic mass is 35.5. The number of sulfonamides is 1. The van der Waals surface area contributed by atoms with E-state index in [1.807, 2.05) is 0 Å². The van der Waals surface area contributed by atoms with Gasteiger partial charge in [0.05, 0.1) is 21.5 Å². The molecule has 1 unspecified atom stereocenters. The first-order valence-electron chi connectivity index (χ1n) is 6.23. The lowest BCUT2D eigenvalue weighted by atomic mass is 10.0. The molecule has 1 aliphatic rings. The van der Waals surface area contributed by atoms with Gasteiger partial charge in [-0.25, -0.2) is 12.8 Å². The summed E-state index contributed by atoms with van der Waals surface area (Å²) in [5, 5.41) is 3.05.